The molecule has 9 heteroatoms. The van der Waals surface area contributed by atoms with Crippen LogP contribution >= 0.6 is 0 Å². The molecule has 0 saturated heterocycles. The number of fused-ring (bicyclic) bond motifs is 1. The van der Waals surface area contributed by atoms with Gasteiger partial charge in [-0.2, -0.15) is 0 Å². The van der Waals surface area contributed by atoms with Gasteiger partial charge in [-0.1, -0.05) is 66.6 Å². The minimum Gasteiger partial charge on any atom is -0.444 e. The van der Waals surface area contributed by atoms with Crippen LogP contribution in [0.15, 0.2) is 60.7 Å². The maximum Gasteiger partial charge on any atom is 0.408 e. The van der Waals surface area contributed by atoms with Crippen LogP contribution in [-0.4, -0.2) is 46.4 Å². The number of carbonyl (C=O) groups excluding carboxylic acids is 4. The fourth-order valence-electron chi connectivity index (χ4n) is 4.91. The average Bonchev–Trinajstić information content (AvgIpc) is 2.88. The third kappa shape index (κ3) is 8.55. The molecule has 224 valence electrons. The molecule has 0 fully saturated rings. The molecule has 3 rings (SSSR count). The SMILES string of the molecule is CCC(C)N(C(=O)C(CC(N)=O)NC(=O)OC(C)(C)C)C(C(=O)Nc1ccc2ccccc2c1)c1cc(C)cc(C)c1. The number of nitrogens with zero attached hydrogens (tertiary/aromatic N) is 1. The first-order chi connectivity index (χ1) is 19.7. The van der Waals surface area contributed by atoms with Crippen LogP contribution in [0.25, 0.3) is 10.8 Å². The van der Waals surface area contributed by atoms with Crippen LogP contribution in [0.2, 0.25) is 0 Å². The van der Waals surface area contributed by atoms with E-state index in [1.807, 2.05) is 88.4 Å². The molecule has 3 aromatic rings. The number of amides is 4. The van der Waals surface area contributed by atoms with E-state index in [-0.39, 0.29) is 0 Å². The van der Waals surface area contributed by atoms with E-state index in [2.05, 4.69) is 10.6 Å². The highest BCUT2D eigenvalue weighted by molar-refractivity contribution is 6.01. The molecule has 0 aromatic heterocycles. The van der Waals surface area contributed by atoms with Gasteiger partial charge in [0.15, 0.2) is 0 Å². The van der Waals surface area contributed by atoms with Crippen molar-refractivity contribution in [1.82, 2.24) is 10.2 Å². The molecule has 0 radical (unpaired) electrons. The quantitative estimate of drug-likeness (QED) is 0.293. The zero-order chi connectivity index (χ0) is 31.2. The van der Waals surface area contributed by atoms with Crippen LogP contribution in [-0.2, 0) is 19.1 Å². The molecule has 0 spiro atoms. The van der Waals surface area contributed by atoms with Crippen LogP contribution < -0.4 is 16.4 Å². The first-order valence-electron chi connectivity index (χ1n) is 14.2. The van der Waals surface area contributed by atoms with E-state index in [0.29, 0.717) is 17.7 Å². The van der Waals surface area contributed by atoms with E-state index >= 15 is 0 Å². The maximum absolute atomic E-state index is 14.3. The lowest BCUT2D eigenvalue weighted by Crippen LogP contribution is -2.55. The second-order valence-corrected chi connectivity index (χ2v) is 11.7. The Hall–Kier alpha value is -4.40. The number of rotatable bonds is 10. The van der Waals surface area contributed by atoms with Crippen LogP contribution in [0.3, 0.4) is 0 Å². The Morgan fingerprint density at radius 2 is 1.55 bits per heavy atom. The summed E-state index contributed by atoms with van der Waals surface area (Å²) in [5.41, 5.74) is 7.69. The van der Waals surface area contributed by atoms with E-state index in [0.717, 1.165) is 21.9 Å². The van der Waals surface area contributed by atoms with Crippen LogP contribution in [0.1, 0.15) is 70.2 Å². The molecule has 0 aliphatic carbocycles. The lowest BCUT2D eigenvalue weighted by molar-refractivity contribution is -0.144. The minimum atomic E-state index is -1.34. The lowest BCUT2D eigenvalue weighted by atomic mass is 9.96. The van der Waals surface area contributed by atoms with Crippen molar-refractivity contribution in [2.24, 2.45) is 5.73 Å². The summed E-state index contributed by atoms with van der Waals surface area (Å²) in [5, 5.41) is 7.50. The van der Waals surface area contributed by atoms with Crippen molar-refractivity contribution in [3.63, 3.8) is 0 Å². The smallest absolute Gasteiger partial charge is 0.408 e. The zero-order valence-electron chi connectivity index (χ0n) is 25.5. The summed E-state index contributed by atoms with van der Waals surface area (Å²) in [5.74, 6) is -1.83. The van der Waals surface area contributed by atoms with Crippen LogP contribution in [0.5, 0.6) is 0 Å². The summed E-state index contributed by atoms with van der Waals surface area (Å²) in [7, 11) is 0. The average molecular weight is 575 g/mol. The van der Waals surface area contributed by atoms with Crippen molar-refractivity contribution in [1.29, 1.82) is 0 Å². The van der Waals surface area contributed by atoms with Gasteiger partial charge < -0.3 is 26.0 Å². The number of hydrogen-bond acceptors (Lipinski definition) is 5. The van der Waals surface area contributed by atoms with E-state index < -0.39 is 54.0 Å². The van der Waals surface area contributed by atoms with Crippen LogP contribution in [0.4, 0.5) is 10.5 Å². The first-order valence-corrected chi connectivity index (χ1v) is 14.2. The molecule has 3 atom stereocenters. The van der Waals surface area contributed by atoms with Gasteiger partial charge in [0.05, 0.1) is 6.42 Å². The van der Waals surface area contributed by atoms with E-state index in [1.54, 1.807) is 20.8 Å². The zero-order valence-corrected chi connectivity index (χ0v) is 25.5. The molecule has 0 heterocycles. The number of ether oxygens (including phenoxy) is 1. The molecule has 4 amide bonds. The van der Waals surface area contributed by atoms with Crippen molar-refractivity contribution in [2.45, 2.75) is 85.0 Å². The van der Waals surface area contributed by atoms with Gasteiger partial charge in [0.2, 0.25) is 11.8 Å². The number of hydrogen-bond donors (Lipinski definition) is 3. The maximum atomic E-state index is 14.3. The van der Waals surface area contributed by atoms with Crippen molar-refractivity contribution < 1.29 is 23.9 Å². The molecule has 3 unspecified atom stereocenters. The third-order valence-electron chi connectivity index (χ3n) is 6.82. The Morgan fingerprint density at radius 3 is 2.12 bits per heavy atom. The molecule has 4 N–H and O–H groups in total. The number of benzene rings is 3. The normalized spacial score (nSPS) is 13.5. The van der Waals surface area contributed by atoms with Gasteiger partial charge in [-0.15, -0.1) is 0 Å². The van der Waals surface area contributed by atoms with Gasteiger partial charge >= 0.3 is 6.09 Å². The summed E-state index contributed by atoms with van der Waals surface area (Å²) in [4.78, 5) is 54.6. The summed E-state index contributed by atoms with van der Waals surface area (Å²) >= 11 is 0. The molecular weight excluding hydrogens is 532 g/mol. The Morgan fingerprint density at radius 1 is 0.929 bits per heavy atom. The highest BCUT2D eigenvalue weighted by Crippen LogP contribution is 2.30. The number of anilines is 1. The summed E-state index contributed by atoms with van der Waals surface area (Å²) in [6.45, 7) is 12.6. The first kappa shape index (κ1) is 32.1. The number of primary amides is 1. The second-order valence-electron chi connectivity index (χ2n) is 11.7. The Balaban J connectivity index is 2.09. The van der Waals surface area contributed by atoms with E-state index in [9.17, 15) is 19.2 Å². The topological polar surface area (TPSA) is 131 Å². The monoisotopic (exact) mass is 574 g/mol. The summed E-state index contributed by atoms with van der Waals surface area (Å²) in [6, 6.07) is 16.3. The number of alkyl carbamates (subject to hydrolysis) is 1. The molecule has 0 saturated carbocycles. The van der Waals surface area contributed by atoms with Crippen molar-refractivity contribution in [3.8, 4) is 0 Å². The molecule has 9 nitrogen and oxygen atoms in total. The highest BCUT2D eigenvalue weighted by atomic mass is 16.6. The highest BCUT2D eigenvalue weighted by Gasteiger charge is 2.39. The van der Waals surface area contributed by atoms with Crippen molar-refractivity contribution in [3.05, 3.63) is 77.4 Å². The predicted octanol–water partition coefficient (Wildman–Crippen LogP) is 5.53. The van der Waals surface area contributed by atoms with Gasteiger partial charge in [0.25, 0.3) is 5.91 Å². The van der Waals surface area contributed by atoms with Gasteiger partial charge in [0.1, 0.15) is 17.7 Å². The van der Waals surface area contributed by atoms with E-state index in [4.69, 9.17) is 10.5 Å². The Labute approximate surface area is 247 Å². The molecular formula is C33H42N4O5. The van der Waals surface area contributed by atoms with E-state index in [1.165, 1.54) is 4.90 Å². The van der Waals surface area contributed by atoms with Crippen LogP contribution in [0, 0.1) is 13.8 Å². The standard InChI is InChI=1S/C33H42N4O5/c1-8-22(4)37(31(40)27(19-28(34)38)36-32(41)42-33(5,6)7)29(25-16-20(2)15-21(3)17-25)30(39)35-26-14-13-23-11-9-10-12-24(23)18-26/h9-18,22,27,29H,8,19H2,1-7H3,(H2,34,38)(H,35,39)(H,36,41). The molecule has 0 aliphatic heterocycles. The Kier molecular flexibility index (Phi) is 10.3. The number of carbonyl (C=O) groups is 4. The largest absolute Gasteiger partial charge is 0.444 e. The van der Waals surface area contributed by atoms with Gasteiger partial charge in [-0.25, -0.2) is 4.79 Å². The lowest BCUT2D eigenvalue weighted by Gasteiger charge is -2.38. The summed E-state index contributed by atoms with van der Waals surface area (Å²) in [6.07, 6.45) is -0.821. The molecule has 0 bridgehead atoms. The second kappa shape index (κ2) is 13.5. The molecule has 3 aromatic carbocycles. The minimum absolute atomic E-state index is 0.431. The predicted molar refractivity (Wildman–Crippen MR) is 165 cm³/mol. The third-order valence-corrected chi connectivity index (χ3v) is 6.82. The van der Waals surface area contributed by atoms with Crippen molar-refractivity contribution >= 4 is 40.3 Å². The van der Waals surface area contributed by atoms with Gasteiger partial charge in [-0.05, 0) is 76.4 Å². The Bertz CT molecular complexity index is 1440. The fraction of sp³-hybridized carbons (Fsp3) is 0.394. The van der Waals surface area contributed by atoms with Gasteiger partial charge in [0, 0.05) is 11.7 Å². The molecule has 42 heavy (non-hydrogen) atoms. The number of nitrogens with one attached hydrogen (secondary N) is 2. The van der Waals surface area contributed by atoms with Crippen molar-refractivity contribution in [2.75, 3.05) is 5.32 Å². The fourth-order valence-corrected chi connectivity index (χ4v) is 4.91. The molecule has 0 aliphatic rings. The van der Waals surface area contributed by atoms with Gasteiger partial charge in [-0.3, -0.25) is 14.4 Å². The summed E-state index contributed by atoms with van der Waals surface area (Å²) < 4.78 is 5.35. The number of aryl methyl sites for hydroxylation is 2. The number of nitrogens with two attached hydrogens (primary N) is 1.